The molecule has 0 aliphatic rings. The van der Waals surface area contributed by atoms with Gasteiger partial charge in [0, 0.05) is 37.7 Å². The maximum Gasteiger partial charge on any atom is 0.0541 e. The molecule has 7 aromatic carbocycles. The minimum atomic E-state index is 1.04. The van der Waals surface area contributed by atoms with Gasteiger partial charge in [0.1, 0.15) is 0 Å². The van der Waals surface area contributed by atoms with Crippen LogP contribution in [0.15, 0.2) is 168 Å². The number of fused-ring (bicyclic) bond motifs is 4. The summed E-state index contributed by atoms with van der Waals surface area (Å²) in [5, 5.41) is 4.93. The minimum Gasteiger partial charge on any atom is -0.310 e. The molecule has 8 rings (SSSR count). The van der Waals surface area contributed by atoms with E-state index in [1.807, 2.05) is 0 Å². The average Bonchev–Trinajstić information content (AvgIpc) is 3.39. The Morgan fingerprint density at radius 2 is 1.12 bits per heavy atom. The van der Waals surface area contributed by atoms with Crippen molar-refractivity contribution in [3.63, 3.8) is 0 Å². The molecule has 0 spiro atoms. The van der Waals surface area contributed by atoms with Crippen molar-refractivity contribution in [3.05, 3.63) is 168 Å². The summed E-state index contributed by atoms with van der Waals surface area (Å²) in [7, 11) is 0. The molecular weight excluding hydrogens is 588 g/mol. The number of halogens is 1. The molecule has 0 aliphatic heterocycles. The number of hydrogen-bond acceptors (Lipinski definition) is 1. The molecule has 204 valence electrons. The predicted octanol–water partition coefficient (Wildman–Crippen LogP) is 11.8. The van der Waals surface area contributed by atoms with Gasteiger partial charge >= 0.3 is 0 Å². The van der Waals surface area contributed by atoms with Gasteiger partial charge in [0.2, 0.25) is 0 Å². The third-order valence-electron chi connectivity index (χ3n) is 8.18. The van der Waals surface area contributed by atoms with Crippen LogP contribution in [-0.4, -0.2) is 4.57 Å². The summed E-state index contributed by atoms with van der Waals surface area (Å²) < 4.78 is 3.39. The molecule has 0 aliphatic carbocycles. The second-order valence-electron chi connectivity index (χ2n) is 10.8. The van der Waals surface area contributed by atoms with Gasteiger partial charge in [-0.3, -0.25) is 0 Å². The van der Waals surface area contributed by atoms with E-state index in [9.17, 15) is 0 Å². The number of nitrogens with zero attached hydrogens (tertiary/aromatic N) is 2. The van der Waals surface area contributed by atoms with Crippen LogP contribution in [0.1, 0.15) is 0 Å². The quantitative estimate of drug-likeness (QED) is 0.187. The van der Waals surface area contributed by atoms with Crippen LogP contribution in [0, 0.1) is 0 Å². The highest BCUT2D eigenvalue weighted by atomic mass is 79.9. The fourth-order valence-electron chi connectivity index (χ4n) is 6.29. The van der Waals surface area contributed by atoms with E-state index < -0.39 is 0 Å². The molecule has 8 aromatic rings. The van der Waals surface area contributed by atoms with Crippen LogP contribution in [0.2, 0.25) is 0 Å². The van der Waals surface area contributed by atoms with Gasteiger partial charge in [-0.1, -0.05) is 113 Å². The van der Waals surface area contributed by atoms with Gasteiger partial charge in [-0.05, 0) is 83.2 Å². The largest absolute Gasteiger partial charge is 0.310 e. The minimum absolute atomic E-state index is 1.04. The molecular formula is C40H27BrN2. The van der Waals surface area contributed by atoms with Gasteiger partial charge in [0.15, 0.2) is 0 Å². The zero-order valence-corrected chi connectivity index (χ0v) is 24.9. The highest BCUT2D eigenvalue weighted by molar-refractivity contribution is 9.10. The average molecular weight is 616 g/mol. The number of para-hydroxylation sites is 3. The standard InChI is InChI=1S/C40H27BrN2/c41-31-24-30(29-22-23-40-37(26-29)36-19-9-10-20-39(36)43(40)33-16-5-2-6-17-33)25-34(27-31)42(32-14-3-1-4-15-32)38-21-11-13-28-12-7-8-18-35(28)38/h1-27H. The van der Waals surface area contributed by atoms with E-state index in [-0.39, 0.29) is 0 Å². The SMILES string of the molecule is Brc1cc(-c2ccc3c(c2)c2ccccc2n3-c2ccccc2)cc(N(c2ccccc2)c2cccc3ccccc23)c1. The summed E-state index contributed by atoms with van der Waals surface area (Å²) in [6.07, 6.45) is 0. The maximum absolute atomic E-state index is 3.87. The highest BCUT2D eigenvalue weighted by Crippen LogP contribution is 2.42. The molecule has 43 heavy (non-hydrogen) atoms. The highest BCUT2D eigenvalue weighted by Gasteiger charge is 2.18. The summed E-state index contributed by atoms with van der Waals surface area (Å²) >= 11 is 3.87. The lowest BCUT2D eigenvalue weighted by Crippen LogP contribution is -2.10. The molecule has 0 saturated heterocycles. The maximum atomic E-state index is 3.87. The number of rotatable bonds is 5. The Hall–Kier alpha value is -5.12. The van der Waals surface area contributed by atoms with E-state index in [2.05, 4.69) is 189 Å². The fraction of sp³-hybridized carbons (Fsp3) is 0. The Balaban J connectivity index is 1.33. The summed E-state index contributed by atoms with van der Waals surface area (Å²) in [6.45, 7) is 0. The van der Waals surface area contributed by atoms with Crippen LogP contribution in [0.25, 0.3) is 49.4 Å². The first-order chi connectivity index (χ1) is 21.2. The van der Waals surface area contributed by atoms with Crippen molar-refractivity contribution >= 4 is 65.6 Å². The number of anilines is 3. The number of hydrogen-bond donors (Lipinski definition) is 0. The Morgan fingerprint density at radius 3 is 1.95 bits per heavy atom. The Bertz CT molecular complexity index is 2250. The molecule has 0 fully saturated rings. The number of aromatic nitrogens is 1. The van der Waals surface area contributed by atoms with Gasteiger partial charge in [-0.15, -0.1) is 0 Å². The molecule has 2 nitrogen and oxygen atoms in total. The van der Waals surface area contributed by atoms with Crippen LogP contribution in [0.3, 0.4) is 0 Å². The lowest BCUT2D eigenvalue weighted by Gasteiger charge is -2.27. The van der Waals surface area contributed by atoms with Crippen molar-refractivity contribution in [2.24, 2.45) is 0 Å². The van der Waals surface area contributed by atoms with Gasteiger partial charge in [0.25, 0.3) is 0 Å². The van der Waals surface area contributed by atoms with Crippen LogP contribution in [-0.2, 0) is 0 Å². The van der Waals surface area contributed by atoms with E-state index in [0.29, 0.717) is 0 Å². The molecule has 1 aromatic heterocycles. The van der Waals surface area contributed by atoms with Crippen LogP contribution < -0.4 is 4.90 Å². The molecule has 0 saturated carbocycles. The van der Waals surface area contributed by atoms with Gasteiger partial charge in [-0.2, -0.15) is 0 Å². The van der Waals surface area contributed by atoms with E-state index in [0.717, 1.165) is 27.1 Å². The predicted molar refractivity (Wildman–Crippen MR) is 186 cm³/mol. The van der Waals surface area contributed by atoms with Gasteiger partial charge in [-0.25, -0.2) is 0 Å². The number of benzene rings is 7. The Kier molecular flexibility index (Phi) is 6.31. The van der Waals surface area contributed by atoms with Gasteiger partial charge in [0.05, 0.1) is 16.7 Å². The monoisotopic (exact) mass is 614 g/mol. The molecule has 0 atom stereocenters. The Morgan fingerprint density at radius 1 is 0.442 bits per heavy atom. The van der Waals surface area contributed by atoms with Crippen molar-refractivity contribution in [1.29, 1.82) is 0 Å². The lowest BCUT2D eigenvalue weighted by atomic mass is 10.0. The first-order valence-electron chi connectivity index (χ1n) is 14.5. The lowest BCUT2D eigenvalue weighted by molar-refractivity contribution is 1.18. The summed E-state index contributed by atoms with van der Waals surface area (Å²) in [6, 6.07) is 58.6. The van der Waals surface area contributed by atoms with Crippen LogP contribution in [0.4, 0.5) is 17.1 Å². The van der Waals surface area contributed by atoms with E-state index in [1.54, 1.807) is 0 Å². The Labute approximate surface area is 259 Å². The van der Waals surface area contributed by atoms with Crippen LogP contribution >= 0.6 is 15.9 Å². The zero-order chi connectivity index (χ0) is 28.8. The summed E-state index contributed by atoms with van der Waals surface area (Å²) in [5.74, 6) is 0. The normalized spacial score (nSPS) is 11.4. The van der Waals surface area contributed by atoms with E-state index >= 15 is 0 Å². The van der Waals surface area contributed by atoms with E-state index in [1.165, 1.54) is 43.8 Å². The van der Waals surface area contributed by atoms with E-state index in [4.69, 9.17) is 0 Å². The topological polar surface area (TPSA) is 8.17 Å². The van der Waals surface area contributed by atoms with Crippen molar-refractivity contribution in [2.75, 3.05) is 4.90 Å². The summed E-state index contributed by atoms with van der Waals surface area (Å²) in [4.78, 5) is 2.36. The second-order valence-corrected chi connectivity index (χ2v) is 11.7. The molecule has 0 radical (unpaired) electrons. The molecule has 0 N–H and O–H groups in total. The molecule has 0 unspecified atom stereocenters. The second kappa shape index (κ2) is 10.6. The third kappa shape index (κ3) is 4.50. The fourth-order valence-corrected chi connectivity index (χ4v) is 6.77. The molecule has 0 bridgehead atoms. The van der Waals surface area contributed by atoms with Crippen molar-refractivity contribution in [2.45, 2.75) is 0 Å². The first-order valence-corrected chi connectivity index (χ1v) is 15.3. The smallest absolute Gasteiger partial charge is 0.0541 e. The van der Waals surface area contributed by atoms with Crippen molar-refractivity contribution in [3.8, 4) is 16.8 Å². The molecule has 3 heteroatoms. The van der Waals surface area contributed by atoms with Crippen molar-refractivity contribution in [1.82, 2.24) is 4.57 Å². The molecule has 1 heterocycles. The molecule has 0 amide bonds. The summed E-state index contributed by atoms with van der Waals surface area (Å²) in [5.41, 5.74) is 9.27. The van der Waals surface area contributed by atoms with Crippen molar-refractivity contribution < 1.29 is 0 Å². The first kappa shape index (κ1) is 25.6. The van der Waals surface area contributed by atoms with Crippen LogP contribution in [0.5, 0.6) is 0 Å². The van der Waals surface area contributed by atoms with Gasteiger partial charge < -0.3 is 9.47 Å². The third-order valence-corrected chi connectivity index (χ3v) is 8.64. The zero-order valence-electron chi connectivity index (χ0n) is 23.4.